The smallest absolute Gasteiger partial charge is 0.169 e. The molecule has 8 heteroatoms. The molecule has 0 spiro atoms. The molecule has 0 saturated heterocycles. The molecule has 2 aromatic carbocycles. The molecule has 0 aliphatic carbocycles. The molecule has 0 bridgehead atoms. The standard InChI is InChI=1S/C23H25N7S/c1-25-29-22(28-24)16-9-10-17-19(13-16)27-23(26-11-12-30(2)3)18-14-20(31-21(17)18)15-7-5-4-6-8-15/h4-10,13-14H,1,11-12,24H2,2-3H3,(H,26,27)(H,28,29). The van der Waals surface area contributed by atoms with Crippen molar-refractivity contribution in [3.8, 4) is 10.4 Å². The molecule has 0 unspecified atom stereocenters. The molecule has 31 heavy (non-hydrogen) atoms. The first-order valence-corrected chi connectivity index (χ1v) is 10.7. The monoisotopic (exact) mass is 431 g/mol. The fraction of sp³-hybridized carbons (Fsp3) is 0.174. The number of rotatable bonds is 7. The summed E-state index contributed by atoms with van der Waals surface area (Å²) in [5, 5.41) is 13.3. The van der Waals surface area contributed by atoms with Crippen molar-refractivity contribution in [3.63, 3.8) is 0 Å². The topological polar surface area (TPSA) is 90.9 Å². The fourth-order valence-electron chi connectivity index (χ4n) is 3.43. The van der Waals surface area contributed by atoms with Gasteiger partial charge in [-0.15, -0.1) is 16.4 Å². The first kappa shape index (κ1) is 20.9. The zero-order valence-electron chi connectivity index (χ0n) is 17.6. The van der Waals surface area contributed by atoms with E-state index in [0.29, 0.717) is 5.84 Å². The van der Waals surface area contributed by atoms with Gasteiger partial charge in [-0.2, -0.15) is 5.10 Å². The molecule has 2 heterocycles. The third-order valence-electron chi connectivity index (χ3n) is 4.95. The van der Waals surface area contributed by atoms with E-state index >= 15 is 0 Å². The molecular weight excluding hydrogens is 406 g/mol. The molecule has 4 rings (SSSR count). The molecule has 7 nitrogen and oxygen atoms in total. The van der Waals surface area contributed by atoms with Crippen molar-refractivity contribution in [1.82, 2.24) is 15.3 Å². The molecule has 0 radical (unpaired) electrons. The highest BCUT2D eigenvalue weighted by atomic mass is 32.1. The van der Waals surface area contributed by atoms with Gasteiger partial charge >= 0.3 is 0 Å². The van der Waals surface area contributed by atoms with Crippen molar-refractivity contribution in [2.24, 2.45) is 16.0 Å². The van der Waals surface area contributed by atoms with Gasteiger partial charge in [0.25, 0.3) is 0 Å². The second-order valence-corrected chi connectivity index (χ2v) is 8.43. The summed E-state index contributed by atoms with van der Waals surface area (Å²) in [7, 11) is 4.12. The summed E-state index contributed by atoms with van der Waals surface area (Å²) in [5.74, 6) is 6.93. The number of nitrogens with two attached hydrogens (primary N) is 1. The Kier molecular flexibility index (Phi) is 6.22. The van der Waals surface area contributed by atoms with Crippen LogP contribution < -0.4 is 16.6 Å². The molecule has 0 atom stereocenters. The first-order valence-electron chi connectivity index (χ1n) is 9.92. The van der Waals surface area contributed by atoms with Crippen molar-refractivity contribution < 1.29 is 0 Å². The number of benzene rings is 2. The van der Waals surface area contributed by atoms with Crippen LogP contribution in [0.15, 0.2) is 64.8 Å². The van der Waals surface area contributed by atoms with E-state index in [4.69, 9.17) is 10.8 Å². The van der Waals surface area contributed by atoms with Crippen LogP contribution in [0, 0.1) is 0 Å². The first-order chi connectivity index (χ1) is 15.1. The summed E-state index contributed by atoms with van der Waals surface area (Å²) >= 11 is 1.77. The lowest BCUT2D eigenvalue weighted by molar-refractivity contribution is 0.425. The van der Waals surface area contributed by atoms with Crippen molar-refractivity contribution in [2.45, 2.75) is 0 Å². The number of hydrogen-bond donors (Lipinski definition) is 3. The number of nitrogens with one attached hydrogen (secondary N) is 2. The van der Waals surface area contributed by atoms with Crippen LogP contribution >= 0.6 is 11.3 Å². The average Bonchev–Trinajstić information content (AvgIpc) is 3.23. The van der Waals surface area contributed by atoms with Crippen molar-refractivity contribution in [3.05, 3.63) is 60.2 Å². The zero-order chi connectivity index (χ0) is 21.8. The normalized spacial score (nSPS) is 11.9. The molecule has 0 amide bonds. The molecule has 0 fully saturated rings. The van der Waals surface area contributed by atoms with Crippen LogP contribution in [-0.2, 0) is 0 Å². The fourth-order valence-corrected chi connectivity index (χ4v) is 4.63. The largest absolute Gasteiger partial charge is 0.368 e. The van der Waals surface area contributed by atoms with Crippen molar-refractivity contribution >= 4 is 50.7 Å². The van der Waals surface area contributed by atoms with Gasteiger partial charge in [-0.1, -0.05) is 42.5 Å². The quantitative estimate of drug-likeness (QED) is 0.179. The Bertz CT molecular complexity index is 1250. The minimum atomic E-state index is 0.442. The number of hydrazine groups is 1. The van der Waals surface area contributed by atoms with Crippen molar-refractivity contribution in [1.29, 1.82) is 0 Å². The van der Waals surface area contributed by atoms with Crippen LogP contribution in [0.25, 0.3) is 31.4 Å². The summed E-state index contributed by atoms with van der Waals surface area (Å²) < 4.78 is 1.20. The Morgan fingerprint density at radius 2 is 1.94 bits per heavy atom. The van der Waals surface area contributed by atoms with Gasteiger partial charge in [0.1, 0.15) is 5.82 Å². The number of hydrogen-bond acceptors (Lipinski definition) is 7. The van der Waals surface area contributed by atoms with Gasteiger partial charge in [0.15, 0.2) is 5.84 Å². The Hall–Kier alpha value is -3.33. The van der Waals surface area contributed by atoms with Gasteiger partial charge in [0.2, 0.25) is 0 Å². The Morgan fingerprint density at radius 3 is 2.65 bits per heavy atom. The number of anilines is 1. The van der Waals surface area contributed by atoms with E-state index in [1.165, 1.54) is 15.1 Å². The van der Waals surface area contributed by atoms with Gasteiger partial charge < -0.3 is 15.6 Å². The highest BCUT2D eigenvalue weighted by Crippen LogP contribution is 2.40. The third-order valence-corrected chi connectivity index (χ3v) is 6.17. The number of likely N-dealkylation sites (N-methyl/N-ethyl adjacent to an activating group) is 1. The number of amidine groups is 1. The SMILES string of the molecule is C=N/N=C(\NN)c1ccc2c(c1)nc(NCCN(C)C)c1cc(-c3ccccc3)sc12. The number of nitrogens with zero attached hydrogens (tertiary/aromatic N) is 4. The van der Waals surface area contributed by atoms with Crippen LogP contribution in [0.1, 0.15) is 5.56 Å². The van der Waals surface area contributed by atoms with E-state index in [1.54, 1.807) is 11.3 Å². The summed E-state index contributed by atoms with van der Waals surface area (Å²) in [6.07, 6.45) is 0. The molecule has 0 aliphatic rings. The van der Waals surface area contributed by atoms with Gasteiger partial charge in [0.05, 0.1) is 5.52 Å². The van der Waals surface area contributed by atoms with E-state index in [9.17, 15) is 0 Å². The minimum Gasteiger partial charge on any atom is -0.368 e. The summed E-state index contributed by atoms with van der Waals surface area (Å²) in [6.45, 7) is 5.12. The minimum absolute atomic E-state index is 0.442. The average molecular weight is 432 g/mol. The maximum Gasteiger partial charge on any atom is 0.169 e. The lowest BCUT2D eigenvalue weighted by atomic mass is 10.1. The number of pyridine rings is 1. The Balaban J connectivity index is 1.88. The third kappa shape index (κ3) is 4.41. The maximum atomic E-state index is 5.61. The van der Waals surface area contributed by atoms with Gasteiger partial charge in [-0.3, -0.25) is 0 Å². The highest BCUT2D eigenvalue weighted by molar-refractivity contribution is 7.23. The molecule has 2 aromatic heterocycles. The molecule has 0 saturated carbocycles. The predicted octanol–water partition coefficient (Wildman–Crippen LogP) is 3.92. The lowest BCUT2D eigenvalue weighted by Gasteiger charge is -2.13. The van der Waals surface area contributed by atoms with Gasteiger partial charge in [0, 0.05) is 45.7 Å². The molecule has 4 aromatic rings. The second kappa shape index (κ2) is 9.22. The summed E-state index contributed by atoms with van der Waals surface area (Å²) in [4.78, 5) is 8.31. The number of thiophene rings is 1. The summed E-state index contributed by atoms with van der Waals surface area (Å²) in [6, 6.07) is 18.7. The predicted molar refractivity (Wildman–Crippen MR) is 133 cm³/mol. The van der Waals surface area contributed by atoms with Crippen LogP contribution in [-0.4, -0.2) is 49.6 Å². The summed E-state index contributed by atoms with van der Waals surface area (Å²) in [5.41, 5.74) is 5.44. The van der Waals surface area contributed by atoms with Crippen molar-refractivity contribution in [2.75, 3.05) is 32.5 Å². The number of aromatic nitrogens is 1. The van der Waals surface area contributed by atoms with Crippen LogP contribution in [0.3, 0.4) is 0 Å². The molecule has 158 valence electrons. The Labute approximate surface area is 185 Å². The molecule has 0 aliphatic heterocycles. The van der Waals surface area contributed by atoms with E-state index in [1.807, 2.05) is 18.2 Å². The van der Waals surface area contributed by atoms with E-state index in [2.05, 4.69) is 83.1 Å². The van der Waals surface area contributed by atoms with Crippen LogP contribution in [0.4, 0.5) is 5.82 Å². The zero-order valence-corrected chi connectivity index (χ0v) is 18.4. The second-order valence-electron chi connectivity index (χ2n) is 7.38. The van der Waals surface area contributed by atoms with Gasteiger partial charge in [-0.25, -0.2) is 10.8 Å². The van der Waals surface area contributed by atoms with E-state index in [-0.39, 0.29) is 0 Å². The molecule has 4 N–H and O–H groups in total. The van der Waals surface area contributed by atoms with Gasteiger partial charge in [-0.05, 0) is 31.8 Å². The number of fused-ring (bicyclic) bond motifs is 3. The van der Waals surface area contributed by atoms with Crippen LogP contribution in [0.5, 0.6) is 0 Å². The molecular formula is C23H25N7S. The maximum absolute atomic E-state index is 5.61. The van der Waals surface area contributed by atoms with Crippen LogP contribution in [0.2, 0.25) is 0 Å². The lowest BCUT2D eigenvalue weighted by Crippen LogP contribution is -2.30. The Morgan fingerprint density at radius 1 is 1.13 bits per heavy atom. The van der Waals surface area contributed by atoms with E-state index in [0.717, 1.165) is 40.8 Å². The highest BCUT2D eigenvalue weighted by Gasteiger charge is 2.15. The van der Waals surface area contributed by atoms with E-state index < -0.39 is 0 Å².